The summed E-state index contributed by atoms with van der Waals surface area (Å²) in [5, 5.41) is 18.3. The van der Waals surface area contributed by atoms with E-state index < -0.39 is 5.60 Å². The minimum atomic E-state index is -0.894. The smallest absolute Gasteiger partial charge is 0.145 e. The standard InChI is InChI=1S/C29H28Cl2N2O3S/c30-21-4-3-5-22(31)25(21)26-20(27(36-33-26)17-8-9-17)15-35-19-13-16-10-11-29(34,18(12-16)14-19)28-32-23-6-1-2-7-24(23)37-28/h1-7,16-19,34H,8-15H2/t16?,18-,19?,29-/m0/s1. The van der Waals surface area contributed by atoms with Crippen molar-refractivity contribution in [2.24, 2.45) is 11.8 Å². The largest absolute Gasteiger partial charge is 0.382 e. The Hall–Kier alpha value is -1.96. The molecule has 2 unspecified atom stereocenters. The highest BCUT2D eigenvalue weighted by atomic mass is 35.5. The zero-order chi connectivity index (χ0) is 25.1. The number of benzene rings is 2. The quantitative estimate of drug-likeness (QED) is 0.260. The van der Waals surface area contributed by atoms with Crippen molar-refractivity contribution in [2.75, 3.05) is 0 Å². The van der Waals surface area contributed by atoms with Crippen LogP contribution in [0.3, 0.4) is 0 Å². The van der Waals surface area contributed by atoms with Crippen molar-refractivity contribution in [1.29, 1.82) is 0 Å². The van der Waals surface area contributed by atoms with Crippen LogP contribution in [0.4, 0.5) is 0 Å². The van der Waals surface area contributed by atoms with Crippen LogP contribution in [-0.2, 0) is 16.9 Å². The molecule has 192 valence electrons. The van der Waals surface area contributed by atoms with E-state index in [1.54, 1.807) is 11.3 Å². The van der Waals surface area contributed by atoms with Gasteiger partial charge in [0.05, 0.1) is 33.0 Å². The van der Waals surface area contributed by atoms with Crippen LogP contribution in [0.15, 0.2) is 47.0 Å². The molecule has 3 fully saturated rings. The Morgan fingerprint density at radius 2 is 1.84 bits per heavy atom. The maximum atomic E-state index is 11.9. The first-order chi connectivity index (χ1) is 18.0. The summed E-state index contributed by atoms with van der Waals surface area (Å²) in [5.41, 5.74) is 2.40. The second-order valence-electron chi connectivity index (χ2n) is 10.9. The van der Waals surface area contributed by atoms with Gasteiger partial charge in [-0.15, -0.1) is 11.3 Å². The number of aromatic nitrogens is 2. The normalized spacial score (nSPS) is 27.6. The van der Waals surface area contributed by atoms with Gasteiger partial charge in [0.2, 0.25) is 0 Å². The van der Waals surface area contributed by atoms with Crippen molar-refractivity contribution in [3.63, 3.8) is 0 Å². The van der Waals surface area contributed by atoms with Crippen molar-refractivity contribution in [2.45, 2.75) is 69.2 Å². The lowest BCUT2D eigenvalue weighted by Gasteiger charge is -2.47. The predicted octanol–water partition coefficient (Wildman–Crippen LogP) is 8.12. The van der Waals surface area contributed by atoms with Crippen molar-refractivity contribution in [3.05, 3.63) is 68.8 Å². The fourth-order valence-electron chi connectivity index (χ4n) is 6.36. The Labute approximate surface area is 229 Å². The van der Waals surface area contributed by atoms with Gasteiger partial charge in [0.15, 0.2) is 0 Å². The van der Waals surface area contributed by atoms with Gasteiger partial charge in [0, 0.05) is 17.0 Å². The molecule has 1 N–H and O–H groups in total. The molecule has 4 atom stereocenters. The SMILES string of the molecule is O[C@@]1(c2nc3ccccc3s2)CCC2CC(OCc3c(-c4c(Cl)cccc4Cl)noc3C3CC3)C[C@@H]1C2. The fraction of sp³-hybridized carbons (Fsp3) is 0.448. The van der Waals surface area contributed by atoms with E-state index in [0.29, 0.717) is 39.7 Å². The third kappa shape index (κ3) is 4.31. The number of aliphatic hydroxyl groups is 1. The second-order valence-corrected chi connectivity index (χ2v) is 12.7. The lowest BCUT2D eigenvalue weighted by molar-refractivity contribution is -0.123. The van der Waals surface area contributed by atoms with Gasteiger partial charge in [0.1, 0.15) is 22.1 Å². The first kappa shape index (κ1) is 24.1. The summed E-state index contributed by atoms with van der Waals surface area (Å²) in [5.74, 6) is 1.97. The van der Waals surface area contributed by atoms with Crippen LogP contribution in [0.2, 0.25) is 10.0 Å². The Bertz CT molecular complexity index is 1410. The summed E-state index contributed by atoms with van der Waals surface area (Å²) < 4.78 is 13.5. The molecule has 0 aliphatic heterocycles. The molecule has 2 heterocycles. The van der Waals surface area contributed by atoms with Crippen LogP contribution in [0.5, 0.6) is 0 Å². The molecule has 5 nitrogen and oxygen atoms in total. The molecule has 2 aromatic carbocycles. The maximum absolute atomic E-state index is 11.9. The summed E-state index contributed by atoms with van der Waals surface area (Å²) >= 11 is 14.7. The zero-order valence-corrected chi connectivity index (χ0v) is 22.7. The maximum Gasteiger partial charge on any atom is 0.145 e. The molecule has 0 saturated heterocycles. The first-order valence-electron chi connectivity index (χ1n) is 13.1. The number of hydrogen-bond acceptors (Lipinski definition) is 6. The first-order valence-corrected chi connectivity index (χ1v) is 14.7. The van der Waals surface area contributed by atoms with Gasteiger partial charge < -0.3 is 14.4 Å². The predicted molar refractivity (Wildman–Crippen MR) is 146 cm³/mol. The molecule has 2 aromatic heterocycles. The third-order valence-corrected chi connectivity index (χ3v) is 10.3. The van der Waals surface area contributed by atoms with Gasteiger partial charge in [-0.3, -0.25) is 0 Å². The van der Waals surface area contributed by atoms with E-state index in [1.807, 2.05) is 36.4 Å². The summed E-state index contributed by atoms with van der Waals surface area (Å²) in [7, 11) is 0. The average molecular weight is 556 g/mol. The number of para-hydroxylation sites is 1. The van der Waals surface area contributed by atoms with Crippen LogP contribution in [0.25, 0.3) is 21.5 Å². The van der Waals surface area contributed by atoms with Crippen molar-refractivity contribution >= 4 is 44.8 Å². The van der Waals surface area contributed by atoms with E-state index in [2.05, 4.69) is 11.2 Å². The van der Waals surface area contributed by atoms with E-state index in [-0.39, 0.29) is 12.0 Å². The second kappa shape index (κ2) is 9.35. The number of nitrogens with zero attached hydrogens (tertiary/aromatic N) is 2. The van der Waals surface area contributed by atoms with Crippen LogP contribution in [-0.4, -0.2) is 21.4 Å². The summed E-state index contributed by atoms with van der Waals surface area (Å²) in [6.45, 7) is 0.399. The average Bonchev–Trinajstić information content (AvgIpc) is 3.50. The highest BCUT2D eigenvalue weighted by molar-refractivity contribution is 7.18. The fourth-order valence-corrected chi connectivity index (χ4v) is 8.10. The molecule has 0 radical (unpaired) electrons. The Balaban J connectivity index is 1.14. The van der Waals surface area contributed by atoms with Crippen molar-refractivity contribution in [3.8, 4) is 11.3 Å². The van der Waals surface area contributed by atoms with Crippen LogP contribution >= 0.6 is 34.5 Å². The molecule has 0 amide bonds. The number of halogens is 2. The van der Waals surface area contributed by atoms with Gasteiger partial charge >= 0.3 is 0 Å². The zero-order valence-electron chi connectivity index (χ0n) is 20.3. The van der Waals surface area contributed by atoms with Gasteiger partial charge in [-0.2, -0.15) is 0 Å². The number of ether oxygens (including phenoxy) is 1. The molecule has 3 aliphatic rings. The van der Waals surface area contributed by atoms with Crippen LogP contribution in [0, 0.1) is 11.8 Å². The Morgan fingerprint density at radius 1 is 1.03 bits per heavy atom. The van der Waals surface area contributed by atoms with Gasteiger partial charge in [-0.25, -0.2) is 4.98 Å². The number of thiazole rings is 1. The molecular formula is C29H28Cl2N2O3S. The molecule has 3 aliphatic carbocycles. The summed E-state index contributed by atoms with van der Waals surface area (Å²) in [4.78, 5) is 4.85. The van der Waals surface area contributed by atoms with Crippen LogP contribution in [0.1, 0.15) is 67.2 Å². The molecule has 3 saturated carbocycles. The monoisotopic (exact) mass is 554 g/mol. The van der Waals surface area contributed by atoms with Crippen LogP contribution < -0.4 is 0 Å². The van der Waals surface area contributed by atoms with Gasteiger partial charge in [-0.1, -0.05) is 46.6 Å². The molecular weight excluding hydrogens is 527 g/mol. The third-order valence-electron chi connectivity index (χ3n) is 8.46. The topological polar surface area (TPSA) is 68.4 Å². The van der Waals surface area contributed by atoms with E-state index in [1.165, 1.54) is 0 Å². The highest BCUT2D eigenvalue weighted by Crippen LogP contribution is 2.52. The molecule has 2 bridgehead atoms. The van der Waals surface area contributed by atoms with Gasteiger partial charge in [-0.05, 0) is 81.0 Å². The molecule has 8 heteroatoms. The molecule has 4 aromatic rings. The number of rotatable bonds is 6. The van der Waals surface area contributed by atoms with Gasteiger partial charge in [0.25, 0.3) is 0 Å². The molecule has 0 spiro atoms. The minimum Gasteiger partial charge on any atom is -0.382 e. The summed E-state index contributed by atoms with van der Waals surface area (Å²) in [6.07, 6.45) is 6.86. The molecule has 7 rings (SSSR count). The lowest BCUT2D eigenvalue weighted by Crippen LogP contribution is -2.46. The minimum absolute atomic E-state index is 0.0569. The van der Waals surface area contributed by atoms with Crippen molar-refractivity contribution < 1.29 is 14.4 Å². The lowest BCUT2D eigenvalue weighted by atomic mass is 9.63. The summed E-state index contributed by atoms with van der Waals surface area (Å²) in [6, 6.07) is 13.6. The van der Waals surface area contributed by atoms with E-state index >= 15 is 0 Å². The Kier molecular flexibility index (Phi) is 6.09. The van der Waals surface area contributed by atoms with E-state index in [0.717, 1.165) is 71.5 Å². The van der Waals surface area contributed by atoms with E-state index in [9.17, 15) is 5.11 Å². The van der Waals surface area contributed by atoms with Crippen molar-refractivity contribution in [1.82, 2.24) is 10.1 Å². The number of fused-ring (bicyclic) bond motifs is 3. The molecule has 37 heavy (non-hydrogen) atoms. The van der Waals surface area contributed by atoms with E-state index in [4.69, 9.17) is 37.4 Å². The number of hydrogen-bond donors (Lipinski definition) is 1. The Morgan fingerprint density at radius 3 is 2.62 bits per heavy atom. The highest BCUT2D eigenvalue weighted by Gasteiger charge is 2.49.